The van der Waals surface area contributed by atoms with Crippen molar-refractivity contribution in [1.82, 2.24) is 9.36 Å². The minimum atomic E-state index is -4.28. The third kappa shape index (κ3) is 8.10. The third-order valence-electron chi connectivity index (χ3n) is 3.86. The van der Waals surface area contributed by atoms with Gasteiger partial charge in [-0.05, 0) is 38.5 Å². The molecule has 0 saturated heterocycles. The van der Waals surface area contributed by atoms with Gasteiger partial charge >= 0.3 is 23.1 Å². The Morgan fingerprint density at radius 2 is 1.90 bits per heavy atom. The predicted molar refractivity (Wildman–Crippen MR) is 111 cm³/mol. The Balaban J connectivity index is 0.00000480. The maximum atomic E-state index is 13.2. The van der Waals surface area contributed by atoms with Crippen LogP contribution in [0.3, 0.4) is 0 Å². The second-order valence-electron chi connectivity index (χ2n) is 5.93. The van der Waals surface area contributed by atoms with Crippen LogP contribution in [0, 0.1) is 0 Å². The average molecular weight is 523 g/mol. The maximum absolute atomic E-state index is 13.2. The van der Waals surface area contributed by atoms with Crippen molar-refractivity contribution < 1.29 is 38.1 Å². The summed E-state index contributed by atoms with van der Waals surface area (Å²) in [5.41, 5.74) is 0.707. The van der Waals surface area contributed by atoms with Crippen molar-refractivity contribution in [3.63, 3.8) is 0 Å². The zero-order chi connectivity index (χ0) is 22.1. The topological polar surface area (TPSA) is 92.4 Å². The summed E-state index contributed by atoms with van der Waals surface area (Å²) in [5.74, 6) is 0.643. The molecule has 1 heterocycles. The van der Waals surface area contributed by atoms with E-state index in [2.05, 4.69) is 28.1 Å². The Morgan fingerprint density at radius 3 is 2.48 bits per heavy atom. The first kappa shape index (κ1) is 27.4. The van der Waals surface area contributed by atoms with Crippen LogP contribution in [0.15, 0.2) is 32.8 Å². The van der Waals surface area contributed by atoms with Crippen LogP contribution in [0.1, 0.15) is 33.0 Å². The van der Waals surface area contributed by atoms with Gasteiger partial charge in [0.05, 0.1) is 0 Å². The van der Waals surface area contributed by atoms with E-state index in [-0.39, 0.29) is 27.9 Å². The van der Waals surface area contributed by atoms with Gasteiger partial charge in [-0.15, -0.1) is 10.2 Å². The second-order valence-corrected chi connectivity index (χ2v) is 8.42. The molecule has 2 rings (SSSR count). The van der Waals surface area contributed by atoms with E-state index >= 15 is 0 Å². The Hall–Kier alpha value is -1.63. The Bertz CT molecular complexity index is 979. The summed E-state index contributed by atoms with van der Waals surface area (Å²) in [4.78, 5) is 6.17. The number of azo groups is 1. The first-order chi connectivity index (χ1) is 14.3. The van der Waals surface area contributed by atoms with E-state index in [0.717, 1.165) is 18.0 Å². The van der Waals surface area contributed by atoms with Crippen molar-refractivity contribution in [1.29, 1.82) is 0 Å². The fourth-order valence-corrected chi connectivity index (χ4v) is 3.86. The maximum Gasteiger partial charge on any atom is 2.00 e. The number of anilines is 1. The molecule has 0 amide bonds. The van der Waals surface area contributed by atoms with Gasteiger partial charge in [-0.1, -0.05) is 6.92 Å². The second kappa shape index (κ2) is 13.0. The number of hydrogen-bond acceptors (Lipinski definition) is 9. The summed E-state index contributed by atoms with van der Waals surface area (Å²) in [5, 5.41) is 8.32. The SMILES string of the molecule is CCCc1nsc(N=Nc2ccc(N(CC)CC)cc2N=S(=O)(CF)OC(F)F)n1.[Ni+2]. The largest absolute Gasteiger partial charge is 2.00 e. The number of alkyl halides is 3. The molecule has 1 atom stereocenters. The summed E-state index contributed by atoms with van der Waals surface area (Å²) in [6.45, 7) is 3.74. The number of rotatable bonds is 11. The molecular weight excluding hydrogens is 500 g/mol. The zero-order valence-corrected chi connectivity index (χ0v) is 19.7. The normalized spacial score (nSPS) is 13.3. The first-order valence-corrected chi connectivity index (χ1v) is 11.6. The fraction of sp³-hybridized carbons (Fsp3) is 0.529. The van der Waals surface area contributed by atoms with Gasteiger partial charge in [0.2, 0.25) is 15.1 Å². The van der Waals surface area contributed by atoms with E-state index in [0.29, 0.717) is 36.2 Å². The van der Waals surface area contributed by atoms with E-state index in [1.165, 1.54) is 12.1 Å². The van der Waals surface area contributed by atoms with Crippen LogP contribution in [0.4, 0.5) is 35.4 Å². The van der Waals surface area contributed by atoms with Gasteiger partial charge in [0.25, 0.3) is 0 Å². The molecule has 2 aromatic rings. The van der Waals surface area contributed by atoms with Gasteiger partial charge in [-0.3, -0.25) is 0 Å². The zero-order valence-electron chi connectivity index (χ0n) is 17.1. The van der Waals surface area contributed by atoms with Crippen LogP contribution in [0.5, 0.6) is 0 Å². The molecule has 0 aliphatic rings. The van der Waals surface area contributed by atoms with Gasteiger partial charge < -0.3 is 4.90 Å². The smallest absolute Gasteiger partial charge is 0.372 e. The van der Waals surface area contributed by atoms with Crippen molar-refractivity contribution in [3.05, 3.63) is 24.0 Å². The molecule has 0 saturated carbocycles. The molecule has 174 valence electrons. The molecule has 0 N–H and O–H groups in total. The average Bonchev–Trinajstić information content (AvgIpc) is 3.15. The molecule has 0 aliphatic heterocycles. The third-order valence-corrected chi connectivity index (χ3v) is 5.70. The molecule has 31 heavy (non-hydrogen) atoms. The van der Waals surface area contributed by atoms with Crippen LogP contribution in [-0.4, -0.2) is 39.3 Å². The number of hydrogen-bond donors (Lipinski definition) is 0. The quantitative estimate of drug-likeness (QED) is 0.269. The van der Waals surface area contributed by atoms with Gasteiger partial charge in [0.1, 0.15) is 17.2 Å². The molecule has 0 bridgehead atoms. The van der Waals surface area contributed by atoms with E-state index in [4.69, 9.17) is 0 Å². The van der Waals surface area contributed by atoms with Crippen LogP contribution >= 0.6 is 11.5 Å². The summed E-state index contributed by atoms with van der Waals surface area (Å²) >= 11 is 1.06. The van der Waals surface area contributed by atoms with Crippen molar-refractivity contribution in [3.8, 4) is 0 Å². The van der Waals surface area contributed by atoms with Crippen LogP contribution in [0.25, 0.3) is 0 Å². The number of nitrogens with zero attached hydrogens (tertiary/aromatic N) is 6. The van der Waals surface area contributed by atoms with E-state index in [1.54, 1.807) is 6.07 Å². The molecule has 8 nitrogen and oxygen atoms in total. The number of aryl methyl sites for hydroxylation is 1. The summed E-state index contributed by atoms with van der Waals surface area (Å²) in [6.07, 6.45) is 1.58. The number of benzene rings is 1. The minimum absolute atomic E-state index is 0. The Kier molecular flexibility index (Phi) is 11.5. The van der Waals surface area contributed by atoms with Crippen molar-refractivity contribution in [2.24, 2.45) is 14.6 Å². The molecule has 14 heteroatoms. The summed E-state index contributed by atoms with van der Waals surface area (Å²) in [6, 6.07) is 3.05. The molecular formula is C17H23F3N6NiO2S2+2. The number of halogens is 3. The van der Waals surface area contributed by atoms with Crippen molar-refractivity contribution >= 4 is 43.7 Å². The summed E-state index contributed by atoms with van der Waals surface area (Å²) in [7, 11) is -4.28. The predicted octanol–water partition coefficient (Wildman–Crippen LogP) is 5.93. The molecule has 1 aromatic heterocycles. The van der Waals surface area contributed by atoms with Crippen LogP contribution in [0.2, 0.25) is 0 Å². The standard InChI is InChI=1S/C17H23F3N6O2S2.Ni/c1-4-7-15-21-17(29-24-15)23-22-13-9-8-12(26(5-2)6-3)10-14(13)25-30(27,11-18)28-16(19)20;/h8-10,16H,4-7,11H2,1-3H3;/q;+2. The Morgan fingerprint density at radius 1 is 1.19 bits per heavy atom. The van der Waals surface area contributed by atoms with Crippen LogP contribution in [-0.2, 0) is 37.1 Å². The molecule has 0 spiro atoms. The monoisotopic (exact) mass is 522 g/mol. The molecule has 0 radical (unpaired) electrons. The summed E-state index contributed by atoms with van der Waals surface area (Å²) < 4.78 is 62.4. The van der Waals surface area contributed by atoms with Gasteiger partial charge in [-0.2, -0.15) is 17.5 Å². The van der Waals surface area contributed by atoms with E-state index in [9.17, 15) is 17.4 Å². The Labute approximate surface area is 193 Å². The van der Waals surface area contributed by atoms with Gasteiger partial charge in [0, 0.05) is 36.7 Å². The molecule has 0 aliphatic carbocycles. The molecule has 0 fully saturated rings. The van der Waals surface area contributed by atoms with E-state index < -0.39 is 22.6 Å². The molecule has 1 aromatic carbocycles. The van der Waals surface area contributed by atoms with Gasteiger partial charge in [0.15, 0.2) is 6.01 Å². The van der Waals surface area contributed by atoms with Crippen LogP contribution < -0.4 is 4.90 Å². The van der Waals surface area contributed by atoms with E-state index in [1.807, 2.05) is 25.7 Å². The van der Waals surface area contributed by atoms with Gasteiger partial charge in [-0.25, -0.2) is 17.8 Å². The fourth-order valence-electron chi connectivity index (χ4n) is 2.50. The van der Waals surface area contributed by atoms with Crippen molar-refractivity contribution in [2.75, 3.05) is 24.0 Å². The van der Waals surface area contributed by atoms with Crippen molar-refractivity contribution in [2.45, 2.75) is 40.2 Å². The number of aromatic nitrogens is 2. The minimum Gasteiger partial charge on any atom is -0.372 e. The first-order valence-electron chi connectivity index (χ1n) is 9.24. The molecule has 1 unspecified atom stereocenters.